The number of likely N-dealkylation sites (tertiary alicyclic amines) is 1. The van der Waals surface area contributed by atoms with Gasteiger partial charge in [0.25, 0.3) is 0 Å². The van der Waals surface area contributed by atoms with E-state index in [-0.39, 0.29) is 25.9 Å². The molecule has 1 N–H and O–H groups in total. The predicted octanol–water partition coefficient (Wildman–Crippen LogP) is 6.51. The van der Waals surface area contributed by atoms with E-state index in [0.29, 0.717) is 29.5 Å². The number of benzene rings is 2. The van der Waals surface area contributed by atoms with Gasteiger partial charge in [0.1, 0.15) is 12.4 Å². The lowest BCUT2D eigenvalue weighted by atomic mass is 9.94. The number of alkyl halides is 7. The number of hydrogen-bond donors (Lipinski definition) is 1. The number of carbonyl (C=O) groups is 1. The van der Waals surface area contributed by atoms with Crippen molar-refractivity contribution in [3.05, 3.63) is 64.7 Å². The van der Waals surface area contributed by atoms with E-state index in [2.05, 4.69) is 0 Å². The molecule has 0 aromatic heterocycles. The molecule has 11 heteroatoms. The lowest BCUT2D eigenvalue weighted by molar-refractivity contribution is -0.142. The van der Waals surface area contributed by atoms with E-state index in [0.717, 1.165) is 0 Å². The van der Waals surface area contributed by atoms with Crippen LogP contribution in [-0.2, 0) is 30.1 Å². The number of aliphatic carboxylic acids is 1. The molecule has 0 spiro atoms. The highest BCUT2D eigenvalue weighted by molar-refractivity contribution is 5.67. The molecule has 1 aliphatic carbocycles. The first kappa shape index (κ1) is 27.8. The van der Waals surface area contributed by atoms with Crippen LogP contribution >= 0.6 is 0 Å². The lowest BCUT2D eigenvalue weighted by Gasteiger charge is -2.44. The van der Waals surface area contributed by atoms with Gasteiger partial charge in [-0.15, -0.1) is 0 Å². The second-order valence-electron chi connectivity index (χ2n) is 9.05. The van der Waals surface area contributed by atoms with Crippen LogP contribution in [0.4, 0.5) is 30.7 Å². The average molecular weight is 521 g/mol. The maximum absolute atomic E-state index is 14.9. The van der Waals surface area contributed by atoms with Gasteiger partial charge in [-0.25, -0.2) is 4.39 Å². The molecule has 198 valence electrons. The van der Waals surface area contributed by atoms with Crippen LogP contribution in [0.15, 0.2) is 42.5 Å². The molecule has 2 aromatic carbocycles. The lowest BCUT2D eigenvalue weighted by Crippen LogP contribution is -2.61. The van der Waals surface area contributed by atoms with Crippen LogP contribution in [0.1, 0.15) is 47.9 Å². The average Bonchev–Trinajstić information content (AvgIpc) is 3.64. The van der Waals surface area contributed by atoms with Gasteiger partial charge in [0.2, 0.25) is 0 Å². The minimum absolute atomic E-state index is 0.0824. The molecule has 2 aliphatic rings. The molecule has 4 rings (SSSR count). The molecular formula is C25H26F7NO3. The summed E-state index contributed by atoms with van der Waals surface area (Å²) in [5.74, 6) is -0.654. The van der Waals surface area contributed by atoms with E-state index in [1.165, 1.54) is 24.2 Å². The Hall–Kier alpha value is -2.82. The number of nitrogens with zero attached hydrogens (tertiary/aromatic N) is 1. The highest BCUT2D eigenvalue weighted by Crippen LogP contribution is 2.38. The number of rotatable bonds is 8. The largest absolute Gasteiger partial charge is 0.490 e. The first-order valence-corrected chi connectivity index (χ1v) is 11.4. The summed E-state index contributed by atoms with van der Waals surface area (Å²) in [5, 5.41) is 8.74. The molecule has 0 radical (unpaired) electrons. The van der Waals surface area contributed by atoms with Crippen molar-refractivity contribution in [1.82, 2.24) is 4.90 Å². The van der Waals surface area contributed by atoms with Crippen LogP contribution in [-0.4, -0.2) is 41.3 Å². The summed E-state index contributed by atoms with van der Waals surface area (Å²) < 4.78 is 98.7. The van der Waals surface area contributed by atoms with Crippen molar-refractivity contribution in [2.24, 2.45) is 0 Å². The predicted molar refractivity (Wildman–Crippen MR) is 117 cm³/mol. The van der Waals surface area contributed by atoms with E-state index >= 15 is 0 Å². The van der Waals surface area contributed by atoms with E-state index in [1.807, 2.05) is 0 Å². The molecule has 0 bridgehead atoms. The van der Waals surface area contributed by atoms with Crippen LogP contribution in [0.3, 0.4) is 0 Å². The van der Waals surface area contributed by atoms with E-state index in [4.69, 9.17) is 9.84 Å². The molecule has 1 saturated carbocycles. The minimum atomic E-state index is -4.84. The van der Waals surface area contributed by atoms with Gasteiger partial charge in [-0.3, -0.25) is 9.69 Å². The van der Waals surface area contributed by atoms with Crippen molar-refractivity contribution in [3.63, 3.8) is 0 Å². The Balaban J connectivity index is 0.00000112. The summed E-state index contributed by atoms with van der Waals surface area (Å²) in [7, 11) is 0. The Morgan fingerprint density at radius 3 is 2.19 bits per heavy atom. The number of hydrogen-bond acceptors (Lipinski definition) is 3. The maximum Gasteiger partial charge on any atom is 0.416 e. The van der Waals surface area contributed by atoms with Crippen LogP contribution in [0, 0.1) is 0 Å². The molecule has 2 fully saturated rings. The maximum atomic E-state index is 14.9. The van der Waals surface area contributed by atoms with Crippen LogP contribution in [0.25, 0.3) is 0 Å². The summed E-state index contributed by atoms with van der Waals surface area (Å²) in [5.41, 5.74) is -4.17. The quantitative estimate of drug-likeness (QED) is 0.402. The Morgan fingerprint density at radius 2 is 1.64 bits per heavy atom. The zero-order chi connectivity index (χ0) is 26.6. The SMILES string of the molecule is C1CC1.O=C(O)CCc1cccc(OCC2(F)CN(Cc3cc(C(F)(F)F)ccc3C(F)(F)F)C2)c1. The third-order valence-corrected chi connectivity index (χ3v) is 5.52. The number of carboxylic acid groups (broad SMARTS) is 1. The molecule has 0 amide bonds. The van der Waals surface area contributed by atoms with Crippen molar-refractivity contribution >= 4 is 5.97 Å². The van der Waals surface area contributed by atoms with Gasteiger partial charge in [0.15, 0.2) is 5.67 Å². The smallest absolute Gasteiger partial charge is 0.416 e. The van der Waals surface area contributed by atoms with Gasteiger partial charge < -0.3 is 9.84 Å². The minimum Gasteiger partial charge on any atom is -0.490 e. The van der Waals surface area contributed by atoms with Crippen LogP contribution < -0.4 is 4.74 Å². The van der Waals surface area contributed by atoms with Gasteiger partial charge in [0.05, 0.1) is 11.1 Å². The van der Waals surface area contributed by atoms with Crippen LogP contribution in [0.5, 0.6) is 5.75 Å². The van der Waals surface area contributed by atoms with Crippen molar-refractivity contribution in [2.75, 3.05) is 19.7 Å². The fourth-order valence-electron chi connectivity index (χ4n) is 3.63. The topological polar surface area (TPSA) is 49.8 Å². The van der Waals surface area contributed by atoms with Crippen molar-refractivity contribution < 1.29 is 45.4 Å². The molecule has 0 atom stereocenters. The summed E-state index contributed by atoms with van der Waals surface area (Å²) in [6.45, 7) is -1.51. The summed E-state index contributed by atoms with van der Waals surface area (Å²) in [6, 6.07) is 7.65. The van der Waals surface area contributed by atoms with E-state index in [1.54, 1.807) is 24.3 Å². The fourth-order valence-corrected chi connectivity index (χ4v) is 3.63. The zero-order valence-corrected chi connectivity index (χ0v) is 19.3. The van der Waals surface area contributed by atoms with Crippen molar-refractivity contribution in [1.29, 1.82) is 0 Å². The molecule has 0 unspecified atom stereocenters. The third kappa shape index (κ3) is 8.39. The second-order valence-corrected chi connectivity index (χ2v) is 9.05. The Labute approximate surface area is 203 Å². The van der Waals surface area contributed by atoms with Crippen molar-refractivity contribution in [3.8, 4) is 5.75 Å². The number of halogens is 7. The third-order valence-electron chi connectivity index (χ3n) is 5.52. The fraction of sp³-hybridized carbons (Fsp3) is 0.480. The number of ether oxygens (including phenoxy) is 1. The van der Waals surface area contributed by atoms with E-state index in [9.17, 15) is 35.5 Å². The second kappa shape index (κ2) is 11.1. The molecule has 1 saturated heterocycles. The molecule has 2 aromatic rings. The summed E-state index contributed by atoms with van der Waals surface area (Å²) in [6.07, 6.45) is -4.96. The first-order valence-electron chi connectivity index (χ1n) is 11.4. The zero-order valence-electron chi connectivity index (χ0n) is 19.3. The number of aryl methyl sites for hydroxylation is 1. The van der Waals surface area contributed by atoms with Gasteiger partial charge in [-0.2, -0.15) is 26.3 Å². The normalized spacial score (nSPS) is 17.0. The summed E-state index contributed by atoms with van der Waals surface area (Å²) >= 11 is 0. The number of carboxylic acids is 1. The summed E-state index contributed by atoms with van der Waals surface area (Å²) in [4.78, 5) is 11.9. The molecule has 1 aliphatic heterocycles. The van der Waals surface area contributed by atoms with E-state index < -0.39 is 53.8 Å². The molecule has 36 heavy (non-hydrogen) atoms. The molecular weight excluding hydrogens is 495 g/mol. The Kier molecular flexibility index (Phi) is 8.53. The van der Waals surface area contributed by atoms with Gasteiger partial charge in [-0.05, 0) is 47.9 Å². The Morgan fingerprint density at radius 1 is 0.972 bits per heavy atom. The molecule has 4 nitrogen and oxygen atoms in total. The molecule has 1 heterocycles. The Bertz CT molecular complexity index is 1040. The highest BCUT2D eigenvalue weighted by Gasteiger charge is 2.45. The van der Waals surface area contributed by atoms with Crippen molar-refractivity contribution in [2.45, 2.75) is 56.7 Å². The first-order chi connectivity index (χ1) is 16.7. The standard InChI is InChI=1S/C22H20F7NO3.C3H6/c23-20(13-33-17-3-1-2-14(8-17)4-7-19(31)32)11-30(12-20)10-15-9-16(21(24,25)26)5-6-18(15)22(27,28)29;1-2-3-1/h1-3,5-6,8-9H,4,7,10-13H2,(H,31,32);1-3H2. The van der Waals surface area contributed by atoms with Gasteiger partial charge in [0, 0.05) is 26.1 Å². The van der Waals surface area contributed by atoms with Gasteiger partial charge in [-0.1, -0.05) is 31.4 Å². The highest BCUT2D eigenvalue weighted by atomic mass is 19.4. The monoisotopic (exact) mass is 521 g/mol. The van der Waals surface area contributed by atoms with Crippen LogP contribution in [0.2, 0.25) is 0 Å². The van der Waals surface area contributed by atoms with Gasteiger partial charge >= 0.3 is 18.3 Å².